The molecular weight excluding hydrogens is 415 g/mol. The summed E-state index contributed by atoms with van der Waals surface area (Å²) in [7, 11) is -3.47. The van der Waals surface area contributed by atoms with Crippen molar-refractivity contribution in [1.29, 1.82) is 0 Å². The average molecular weight is 432 g/mol. The molecule has 1 atom stereocenters. The summed E-state index contributed by atoms with van der Waals surface area (Å²) in [5, 5.41) is 3.93. The molecule has 1 amide bonds. The van der Waals surface area contributed by atoms with Crippen molar-refractivity contribution in [2.24, 2.45) is 0 Å². The van der Waals surface area contributed by atoms with Gasteiger partial charge in [0.25, 0.3) is 5.91 Å². The second kappa shape index (κ2) is 6.46. The molecule has 156 valence electrons. The Morgan fingerprint density at radius 1 is 1.27 bits per heavy atom. The number of amides is 1. The van der Waals surface area contributed by atoms with Crippen molar-refractivity contribution in [3.63, 3.8) is 0 Å². The van der Waals surface area contributed by atoms with Gasteiger partial charge in [0.05, 0.1) is 17.4 Å². The Morgan fingerprint density at radius 3 is 2.67 bits per heavy atom. The number of hydrogen-bond acceptors (Lipinski definition) is 8. The fourth-order valence-electron chi connectivity index (χ4n) is 4.21. The molecule has 0 bridgehead atoms. The van der Waals surface area contributed by atoms with E-state index in [1.165, 1.54) is 35.6 Å². The molecule has 1 aromatic carbocycles. The quantitative estimate of drug-likeness (QED) is 0.616. The molecule has 2 aliphatic heterocycles. The molecule has 1 spiro atoms. The van der Waals surface area contributed by atoms with Crippen LogP contribution in [0.3, 0.4) is 0 Å². The molecule has 0 saturated carbocycles. The first-order valence-electron chi connectivity index (χ1n) is 9.32. The Hall–Kier alpha value is -3.08. The summed E-state index contributed by atoms with van der Waals surface area (Å²) in [6.45, 7) is 1.69. The van der Waals surface area contributed by atoms with Gasteiger partial charge in [0.2, 0.25) is 17.5 Å². The number of aryl methyl sites for hydroxylation is 1. The second-order valence-electron chi connectivity index (χ2n) is 7.62. The zero-order chi connectivity index (χ0) is 21.1. The van der Waals surface area contributed by atoms with E-state index < -0.39 is 26.4 Å². The molecule has 2 saturated heterocycles. The van der Waals surface area contributed by atoms with Crippen LogP contribution in [0, 0.1) is 12.7 Å². The third-order valence-electron chi connectivity index (χ3n) is 5.92. The molecule has 2 aliphatic rings. The Labute approximate surface area is 170 Å². The van der Waals surface area contributed by atoms with Crippen LogP contribution in [-0.2, 0) is 9.84 Å². The van der Waals surface area contributed by atoms with Crippen LogP contribution in [0.5, 0.6) is 0 Å². The summed E-state index contributed by atoms with van der Waals surface area (Å²) in [5.41, 5.74) is 1.01. The summed E-state index contributed by atoms with van der Waals surface area (Å²) >= 11 is 0. The van der Waals surface area contributed by atoms with Crippen molar-refractivity contribution < 1.29 is 26.5 Å². The lowest BCUT2D eigenvalue weighted by Gasteiger charge is -2.48. The zero-order valence-electron chi connectivity index (χ0n) is 15.9. The van der Waals surface area contributed by atoms with Gasteiger partial charge in [0.15, 0.2) is 16.2 Å². The van der Waals surface area contributed by atoms with Crippen molar-refractivity contribution >= 4 is 15.7 Å². The number of nitrogens with zero attached hydrogens (tertiary/aromatic N) is 4. The topological polar surface area (TPSA) is 119 Å². The van der Waals surface area contributed by atoms with Crippen LogP contribution in [0.2, 0.25) is 0 Å². The smallest absolute Gasteiger partial charge is 0.291 e. The van der Waals surface area contributed by atoms with Crippen molar-refractivity contribution in [3.8, 4) is 11.4 Å². The lowest BCUT2D eigenvalue weighted by atomic mass is 9.83. The van der Waals surface area contributed by atoms with E-state index in [9.17, 15) is 17.6 Å². The molecule has 11 heteroatoms. The van der Waals surface area contributed by atoms with Gasteiger partial charge < -0.3 is 13.8 Å². The van der Waals surface area contributed by atoms with Gasteiger partial charge in [-0.05, 0) is 37.6 Å². The highest BCUT2D eigenvalue weighted by Gasteiger charge is 2.64. The third-order valence-corrected chi connectivity index (χ3v) is 8.47. The van der Waals surface area contributed by atoms with Crippen LogP contribution in [0.15, 0.2) is 39.6 Å². The maximum atomic E-state index is 13.1. The molecule has 2 fully saturated rings. The standard InChI is InChI=1S/C19H17FN4O5S/c1-11-15(28-10-21-11)18(25)24-8-19(9-24)14(6-7-30(19,26)27)17-22-16(23-29-17)12-2-4-13(20)5-3-12/h2-5,10,14H,6-9H2,1H3. The summed E-state index contributed by atoms with van der Waals surface area (Å²) in [4.78, 5) is 22.3. The van der Waals surface area contributed by atoms with E-state index in [0.29, 0.717) is 17.7 Å². The molecule has 0 N–H and O–H groups in total. The van der Waals surface area contributed by atoms with Gasteiger partial charge in [-0.15, -0.1) is 0 Å². The number of carbonyl (C=O) groups is 1. The first-order valence-corrected chi connectivity index (χ1v) is 11.0. The van der Waals surface area contributed by atoms with Gasteiger partial charge in [-0.25, -0.2) is 17.8 Å². The van der Waals surface area contributed by atoms with Crippen LogP contribution in [0.1, 0.15) is 34.5 Å². The second-order valence-corrected chi connectivity index (χ2v) is 10.1. The molecule has 0 aliphatic carbocycles. The predicted molar refractivity (Wildman–Crippen MR) is 101 cm³/mol. The normalized spacial score (nSPS) is 21.7. The lowest BCUT2D eigenvalue weighted by Crippen LogP contribution is -2.67. The number of hydrogen-bond donors (Lipinski definition) is 0. The number of halogens is 1. The maximum absolute atomic E-state index is 13.1. The fraction of sp³-hybridized carbons (Fsp3) is 0.368. The van der Waals surface area contributed by atoms with Crippen LogP contribution in [0.25, 0.3) is 11.4 Å². The minimum atomic E-state index is -3.47. The van der Waals surface area contributed by atoms with Crippen molar-refractivity contribution in [3.05, 3.63) is 53.8 Å². The summed E-state index contributed by atoms with van der Waals surface area (Å²) in [5.74, 6) is -0.752. The van der Waals surface area contributed by atoms with Gasteiger partial charge in [-0.1, -0.05) is 5.16 Å². The molecule has 2 aromatic heterocycles. The van der Waals surface area contributed by atoms with E-state index in [4.69, 9.17) is 8.94 Å². The van der Waals surface area contributed by atoms with E-state index in [1.54, 1.807) is 6.92 Å². The Kier molecular flexibility index (Phi) is 4.07. The molecule has 30 heavy (non-hydrogen) atoms. The Morgan fingerprint density at radius 2 is 2.00 bits per heavy atom. The summed E-state index contributed by atoms with van der Waals surface area (Å²) in [6, 6.07) is 5.62. The minimum Gasteiger partial charge on any atom is -0.438 e. The number of likely N-dealkylation sites (tertiary alicyclic amines) is 1. The van der Waals surface area contributed by atoms with Gasteiger partial charge >= 0.3 is 0 Å². The SMILES string of the molecule is Cc1ncoc1C(=O)N1CC2(C1)C(c1nc(-c3ccc(F)cc3)no1)CCS2(=O)=O. The number of aromatic nitrogens is 3. The van der Waals surface area contributed by atoms with E-state index in [2.05, 4.69) is 15.1 Å². The monoisotopic (exact) mass is 432 g/mol. The molecule has 0 radical (unpaired) electrons. The number of rotatable bonds is 3. The minimum absolute atomic E-state index is 0.0186. The van der Waals surface area contributed by atoms with Crippen molar-refractivity contribution in [2.75, 3.05) is 18.8 Å². The summed E-state index contributed by atoms with van der Waals surface area (Å²) in [6.07, 6.45) is 1.51. The van der Waals surface area contributed by atoms with Gasteiger partial charge in [-0.3, -0.25) is 4.79 Å². The predicted octanol–water partition coefficient (Wildman–Crippen LogP) is 1.97. The highest BCUT2D eigenvalue weighted by Crippen LogP contribution is 2.50. The number of oxazole rings is 1. The van der Waals surface area contributed by atoms with Crippen molar-refractivity contribution in [1.82, 2.24) is 20.0 Å². The van der Waals surface area contributed by atoms with Gasteiger partial charge in [0, 0.05) is 18.7 Å². The van der Waals surface area contributed by atoms with E-state index >= 15 is 0 Å². The van der Waals surface area contributed by atoms with E-state index in [-0.39, 0.29) is 42.1 Å². The Bertz CT molecular complexity index is 1230. The Balaban J connectivity index is 1.42. The van der Waals surface area contributed by atoms with Crippen LogP contribution in [0.4, 0.5) is 4.39 Å². The van der Waals surface area contributed by atoms with E-state index in [1.807, 2.05) is 0 Å². The highest BCUT2D eigenvalue weighted by molar-refractivity contribution is 7.93. The average Bonchev–Trinajstić information content (AvgIpc) is 3.37. The summed E-state index contributed by atoms with van der Waals surface area (Å²) < 4.78 is 48.3. The number of sulfone groups is 1. The first-order chi connectivity index (χ1) is 14.3. The number of benzene rings is 1. The highest BCUT2D eigenvalue weighted by atomic mass is 32.2. The molecule has 3 aromatic rings. The lowest BCUT2D eigenvalue weighted by molar-refractivity contribution is 0.0471. The van der Waals surface area contributed by atoms with Crippen molar-refractivity contribution in [2.45, 2.75) is 24.0 Å². The first kappa shape index (κ1) is 18.9. The number of carbonyl (C=O) groups excluding carboxylic acids is 1. The third kappa shape index (κ3) is 2.68. The fourth-order valence-corrected chi connectivity index (χ4v) is 6.52. The van der Waals surface area contributed by atoms with Gasteiger partial charge in [0.1, 0.15) is 10.6 Å². The molecule has 4 heterocycles. The van der Waals surface area contributed by atoms with Crippen LogP contribution >= 0.6 is 0 Å². The molecule has 1 unspecified atom stereocenters. The van der Waals surface area contributed by atoms with E-state index in [0.717, 1.165) is 0 Å². The molecule has 5 rings (SSSR count). The largest absolute Gasteiger partial charge is 0.438 e. The molecule has 9 nitrogen and oxygen atoms in total. The van der Waals surface area contributed by atoms with Crippen LogP contribution < -0.4 is 0 Å². The van der Waals surface area contributed by atoms with Gasteiger partial charge in [-0.2, -0.15) is 4.98 Å². The zero-order valence-corrected chi connectivity index (χ0v) is 16.7. The maximum Gasteiger partial charge on any atom is 0.291 e. The van der Waals surface area contributed by atoms with Crippen LogP contribution in [-0.4, -0.2) is 57.9 Å². The molecular formula is C19H17FN4O5S.